The number of fused-ring (bicyclic) bond motifs is 3. The largest absolute Gasteiger partial charge is 0.358 e. The Bertz CT molecular complexity index is 1250. The van der Waals surface area contributed by atoms with Crippen molar-refractivity contribution in [1.29, 1.82) is 0 Å². The van der Waals surface area contributed by atoms with Crippen LogP contribution in [0.15, 0.2) is 48.5 Å². The molecule has 8 nitrogen and oxygen atoms in total. The SMILES string of the molecule is CN[C@@H](C)C(=O)NC1CCOC2CC(C(C)C)(C(C)C)C(C(=O)NC3c4ccccc4Cc4ccccc43)N2C1=O. The Morgan fingerprint density at radius 3 is 2.07 bits per heavy atom. The Hall–Kier alpha value is -3.23. The van der Waals surface area contributed by atoms with Crippen LogP contribution in [0, 0.1) is 17.3 Å². The number of benzene rings is 2. The summed E-state index contributed by atoms with van der Waals surface area (Å²) in [5.41, 5.74) is 4.03. The molecule has 0 saturated carbocycles. The van der Waals surface area contributed by atoms with Gasteiger partial charge in [0.25, 0.3) is 0 Å². The van der Waals surface area contributed by atoms with Crippen LogP contribution < -0.4 is 16.0 Å². The van der Waals surface area contributed by atoms with E-state index in [-0.39, 0.29) is 35.6 Å². The quantitative estimate of drug-likeness (QED) is 0.481. The number of nitrogens with one attached hydrogen (secondary N) is 3. The second-order valence-corrected chi connectivity index (χ2v) is 12.5. The molecule has 220 valence electrons. The number of hydrogen-bond donors (Lipinski definition) is 3. The van der Waals surface area contributed by atoms with E-state index in [1.54, 1.807) is 18.9 Å². The van der Waals surface area contributed by atoms with Gasteiger partial charge in [-0.2, -0.15) is 0 Å². The molecule has 0 spiro atoms. The Labute approximate surface area is 243 Å². The van der Waals surface area contributed by atoms with Crippen LogP contribution >= 0.6 is 0 Å². The summed E-state index contributed by atoms with van der Waals surface area (Å²) in [5.74, 6) is -0.482. The maximum absolute atomic E-state index is 14.7. The summed E-state index contributed by atoms with van der Waals surface area (Å²) < 4.78 is 6.29. The van der Waals surface area contributed by atoms with Gasteiger partial charge in [-0.05, 0) is 54.5 Å². The highest BCUT2D eigenvalue weighted by Crippen LogP contribution is 2.53. The number of carbonyl (C=O) groups is 3. The molecule has 4 atom stereocenters. The van der Waals surface area contributed by atoms with Crippen molar-refractivity contribution in [3.8, 4) is 0 Å². The van der Waals surface area contributed by atoms with Gasteiger partial charge in [0.2, 0.25) is 17.7 Å². The number of amides is 3. The lowest BCUT2D eigenvalue weighted by Gasteiger charge is -2.44. The number of nitrogens with zero attached hydrogens (tertiary/aromatic N) is 1. The fraction of sp³-hybridized carbons (Fsp3) is 0.545. The molecule has 2 heterocycles. The molecule has 2 fully saturated rings. The third kappa shape index (κ3) is 5.06. The summed E-state index contributed by atoms with van der Waals surface area (Å²) in [6, 6.07) is 14.2. The third-order valence-electron chi connectivity index (χ3n) is 9.84. The zero-order valence-corrected chi connectivity index (χ0v) is 25.1. The summed E-state index contributed by atoms with van der Waals surface area (Å²) in [6.45, 7) is 10.6. The monoisotopic (exact) mass is 560 g/mol. The van der Waals surface area contributed by atoms with Gasteiger partial charge >= 0.3 is 0 Å². The normalized spacial score (nSPS) is 24.3. The van der Waals surface area contributed by atoms with Crippen LogP contribution in [0.25, 0.3) is 0 Å². The molecular weight excluding hydrogens is 516 g/mol. The molecular formula is C33H44N4O4. The fourth-order valence-corrected chi connectivity index (χ4v) is 7.38. The predicted octanol–water partition coefficient (Wildman–Crippen LogP) is 3.53. The van der Waals surface area contributed by atoms with Crippen LogP contribution in [-0.4, -0.2) is 60.6 Å². The van der Waals surface area contributed by atoms with Gasteiger partial charge in [0.05, 0.1) is 18.7 Å². The lowest BCUT2D eigenvalue weighted by atomic mass is 9.63. The molecule has 0 aromatic heterocycles. The molecule has 3 amide bonds. The van der Waals surface area contributed by atoms with Gasteiger partial charge in [-0.15, -0.1) is 0 Å². The van der Waals surface area contributed by atoms with Crippen molar-refractivity contribution in [2.24, 2.45) is 17.3 Å². The van der Waals surface area contributed by atoms with Gasteiger partial charge in [-0.25, -0.2) is 0 Å². The van der Waals surface area contributed by atoms with Crippen LogP contribution in [0.3, 0.4) is 0 Å². The number of ether oxygens (including phenoxy) is 1. The number of rotatable bonds is 7. The molecule has 8 heteroatoms. The van der Waals surface area contributed by atoms with Crippen molar-refractivity contribution in [3.63, 3.8) is 0 Å². The molecule has 2 aromatic carbocycles. The van der Waals surface area contributed by atoms with Crippen LogP contribution in [0.2, 0.25) is 0 Å². The molecule has 0 bridgehead atoms. The highest BCUT2D eigenvalue weighted by atomic mass is 16.5. The summed E-state index contributed by atoms with van der Waals surface area (Å²) in [4.78, 5) is 43.4. The van der Waals surface area contributed by atoms with Gasteiger partial charge in [-0.1, -0.05) is 76.2 Å². The van der Waals surface area contributed by atoms with Gasteiger partial charge in [0, 0.05) is 18.3 Å². The topological polar surface area (TPSA) is 99.8 Å². The highest BCUT2D eigenvalue weighted by Gasteiger charge is 2.61. The Morgan fingerprint density at radius 1 is 0.927 bits per heavy atom. The van der Waals surface area contributed by atoms with E-state index in [1.807, 2.05) is 24.3 Å². The molecule has 3 unspecified atom stereocenters. The van der Waals surface area contributed by atoms with Gasteiger partial charge in [0.1, 0.15) is 18.3 Å². The molecule has 41 heavy (non-hydrogen) atoms. The number of carbonyl (C=O) groups excluding carboxylic acids is 3. The molecule has 3 N–H and O–H groups in total. The lowest BCUT2D eigenvalue weighted by Crippen LogP contribution is -2.60. The van der Waals surface area contributed by atoms with Crippen LogP contribution in [-0.2, 0) is 25.5 Å². The predicted molar refractivity (Wildman–Crippen MR) is 158 cm³/mol. The van der Waals surface area contributed by atoms with Crippen molar-refractivity contribution < 1.29 is 19.1 Å². The minimum atomic E-state index is -0.759. The number of likely N-dealkylation sites (N-methyl/N-ethyl adjacent to an activating group) is 1. The molecule has 3 aliphatic rings. The first-order valence-corrected chi connectivity index (χ1v) is 15.0. The maximum Gasteiger partial charge on any atom is 0.247 e. The van der Waals surface area contributed by atoms with Crippen molar-refractivity contribution >= 4 is 17.7 Å². The van der Waals surface area contributed by atoms with Crippen molar-refractivity contribution in [2.45, 2.75) is 84.3 Å². The van der Waals surface area contributed by atoms with Gasteiger partial charge in [-0.3, -0.25) is 14.4 Å². The second-order valence-electron chi connectivity index (χ2n) is 12.5. The Kier molecular flexibility index (Phi) is 8.26. The van der Waals surface area contributed by atoms with E-state index in [0.717, 1.165) is 17.5 Å². The molecule has 1 aliphatic carbocycles. The minimum absolute atomic E-state index is 0.102. The van der Waals surface area contributed by atoms with E-state index in [1.165, 1.54) is 11.1 Å². The first-order valence-electron chi connectivity index (χ1n) is 15.0. The zero-order chi connectivity index (χ0) is 29.5. The van der Waals surface area contributed by atoms with Crippen molar-refractivity contribution in [3.05, 3.63) is 70.8 Å². The number of hydrogen-bond acceptors (Lipinski definition) is 5. The Morgan fingerprint density at radius 2 is 1.51 bits per heavy atom. The Balaban J connectivity index is 1.54. The van der Waals surface area contributed by atoms with Gasteiger partial charge < -0.3 is 25.6 Å². The van der Waals surface area contributed by atoms with Crippen LogP contribution in [0.4, 0.5) is 0 Å². The maximum atomic E-state index is 14.7. The molecule has 2 aliphatic heterocycles. The van der Waals surface area contributed by atoms with E-state index in [9.17, 15) is 14.4 Å². The van der Waals surface area contributed by atoms with E-state index >= 15 is 0 Å². The van der Waals surface area contributed by atoms with E-state index < -0.39 is 29.8 Å². The molecule has 2 saturated heterocycles. The highest BCUT2D eigenvalue weighted by molar-refractivity contribution is 5.94. The molecule has 5 rings (SSSR count). The summed E-state index contributed by atoms with van der Waals surface area (Å²) in [7, 11) is 1.71. The summed E-state index contributed by atoms with van der Waals surface area (Å²) >= 11 is 0. The molecule has 2 aromatic rings. The first-order chi connectivity index (χ1) is 19.6. The van der Waals surface area contributed by atoms with Crippen LogP contribution in [0.1, 0.15) is 75.8 Å². The van der Waals surface area contributed by atoms with Crippen LogP contribution in [0.5, 0.6) is 0 Å². The van der Waals surface area contributed by atoms with E-state index in [2.05, 4.69) is 67.9 Å². The van der Waals surface area contributed by atoms with E-state index in [4.69, 9.17) is 4.74 Å². The van der Waals surface area contributed by atoms with Gasteiger partial charge in [0.15, 0.2) is 0 Å². The van der Waals surface area contributed by atoms with E-state index in [0.29, 0.717) is 19.4 Å². The first kappa shape index (κ1) is 29.3. The standard InChI is InChI=1S/C33H44N4O4/c1-19(2)33(20(3)4)18-27-37(32(40)26(15-16-41-27)35-30(38)21(5)34-6)29(33)31(39)36-28-24-13-9-7-11-22(24)17-23-12-8-10-14-25(23)28/h7-14,19-21,26-29,34H,15-18H2,1-6H3,(H,35,38)(H,36,39)/t21-,26?,27?,29?/m0/s1. The second kappa shape index (κ2) is 11.6. The minimum Gasteiger partial charge on any atom is -0.358 e. The molecule has 0 radical (unpaired) electrons. The average Bonchev–Trinajstić information content (AvgIpc) is 3.25. The average molecular weight is 561 g/mol. The third-order valence-corrected chi connectivity index (χ3v) is 9.84. The fourth-order valence-electron chi connectivity index (χ4n) is 7.38. The summed E-state index contributed by atoms with van der Waals surface area (Å²) in [5, 5.41) is 9.26. The lowest BCUT2D eigenvalue weighted by molar-refractivity contribution is -0.151. The zero-order valence-electron chi connectivity index (χ0n) is 25.1. The smallest absolute Gasteiger partial charge is 0.247 e. The van der Waals surface area contributed by atoms with Crippen molar-refractivity contribution in [2.75, 3.05) is 13.7 Å². The summed E-state index contributed by atoms with van der Waals surface area (Å²) in [6.07, 6.45) is 1.22. The van der Waals surface area contributed by atoms with Crippen molar-refractivity contribution in [1.82, 2.24) is 20.9 Å².